The second kappa shape index (κ2) is 44.1. The van der Waals surface area contributed by atoms with E-state index >= 15 is 0 Å². The maximum Gasteiger partial charge on any atom is 0.249 e. The lowest BCUT2D eigenvalue weighted by atomic mass is 10.0. The first-order chi connectivity index (χ1) is 26.1. The lowest BCUT2D eigenvalue weighted by Crippen LogP contribution is -2.49. The van der Waals surface area contributed by atoms with Crippen LogP contribution in [0.3, 0.4) is 0 Å². The number of aliphatic hydroxyl groups excluding tert-OH is 3. The molecule has 0 saturated carbocycles. The van der Waals surface area contributed by atoms with E-state index in [1.807, 2.05) is 0 Å². The van der Waals surface area contributed by atoms with E-state index in [0.717, 1.165) is 32.1 Å². The highest BCUT2D eigenvalue weighted by molar-refractivity contribution is 5.80. The fourth-order valence-electron chi connectivity index (χ4n) is 7.90. The van der Waals surface area contributed by atoms with E-state index in [1.54, 1.807) is 0 Å². The molecule has 1 amide bonds. The van der Waals surface area contributed by atoms with Gasteiger partial charge in [-0.2, -0.15) is 0 Å². The van der Waals surface area contributed by atoms with Gasteiger partial charge in [-0.25, -0.2) is 0 Å². The third-order valence-corrected chi connectivity index (χ3v) is 11.7. The Morgan fingerprint density at radius 3 is 0.849 bits per heavy atom. The van der Waals surface area contributed by atoms with Gasteiger partial charge in [0.15, 0.2) is 0 Å². The Morgan fingerprint density at radius 2 is 0.604 bits per heavy atom. The molecule has 0 aromatic rings. The van der Waals surface area contributed by atoms with Gasteiger partial charge in [-0.15, -0.1) is 0 Å². The first-order valence-electron chi connectivity index (χ1n) is 24.3. The van der Waals surface area contributed by atoms with Crippen LogP contribution < -0.4 is 5.32 Å². The van der Waals surface area contributed by atoms with E-state index in [4.69, 9.17) is 0 Å². The van der Waals surface area contributed by atoms with E-state index in [-0.39, 0.29) is 6.61 Å². The Hall–Kier alpha value is -0.650. The predicted octanol–water partition coefficient (Wildman–Crippen LogP) is 14.2. The summed E-state index contributed by atoms with van der Waals surface area (Å²) >= 11 is 0. The maximum absolute atomic E-state index is 12.5. The van der Waals surface area contributed by atoms with Crippen LogP contribution in [0.4, 0.5) is 0 Å². The molecule has 318 valence electrons. The zero-order valence-corrected chi connectivity index (χ0v) is 36.2. The summed E-state index contributed by atoms with van der Waals surface area (Å²) in [6.07, 6.45) is 51.2. The molecule has 0 aromatic carbocycles. The van der Waals surface area contributed by atoms with Crippen LogP contribution in [0.15, 0.2) is 0 Å². The Labute approximate surface area is 332 Å². The van der Waals surface area contributed by atoms with Crippen molar-refractivity contribution in [2.45, 2.75) is 295 Å². The summed E-state index contributed by atoms with van der Waals surface area (Å²) in [4.78, 5) is 12.5. The third kappa shape index (κ3) is 39.4. The number of nitrogens with one attached hydrogen (secondary N) is 1. The first kappa shape index (κ1) is 52.3. The van der Waals surface area contributed by atoms with Gasteiger partial charge in [0.05, 0.1) is 18.8 Å². The summed E-state index contributed by atoms with van der Waals surface area (Å²) in [5.41, 5.74) is 0. The fraction of sp³-hybridized carbons (Fsp3) is 0.979. The molecule has 4 N–H and O–H groups in total. The number of aliphatic hydroxyl groups is 3. The number of unbranched alkanes of at least 4 members (excludes halogenated alkanes) is 37. The largest absolute Gasteiger partial charge is 0.394 e. The quantitative estimate of drug-likeness (QED) is 0.0466. The van der Waals surface area contributed by atoms with Crippen molar-refractivity contribution >= 4 is 5.91 Å². The maximum atomic E-state index is 12.5. The molecule has 0 rings (SSSR count). The molecule has 0 spiro atoms. The van der Waals surface area contributed by atoms with Gasteiger partial charge in [0, 0.05) is 0 Å². The number of rotatable bonds is 45. The van der Waals surface area contributed by atoms with E-state index in [9.17, 15) is 20.1 Å². The molecule has 3 unspecified atom stereocenters. The normalized spacial score (nSPS) is 13.4. The monoisotopic (exact) mass is 752 g/mol. The topological polar surface area (TPSA) is 89.8 Å². The summed E-state index contributed by atoms with van der Waals surface area (Å²) in [5.74, 6) is -0.464. The zero-order chi connectivity index (χ0) is 38.7. The van der Waals surface area contributed by atoms with Crippen LogP contribution >= 0.6 is 0 Å². The molecule has 0 fully saturated rings. The van der Waals surface area contributed by atoms with Gasteiger partial charge in [0.25, 0.3) is 0 Å². The van der Waals surface area contributed by atoms with Crippen LogP contribution in [0, 0.1) is 0 Å². The van der Waals surface area contributed by atoms with Crippen LogP contribution in [0.25, 0.3) is 0 Å². The van der Waals surface area contributed by atoms with Crippen LogP contribution in [0.2, 0.25) is 0 Å². The minimum Gasteiger partial charge on any atom is -0.394 e. The highest BCUT2D eigenvalue weighted by atomic mass is 16.3. The Morgan fingerprint density at radius 1 is 0.377 bits per heavy atom. The lowest BCUT2D eigenvalue weighted by Gasteiger charge is -2.23. The van der Waals surface area contributed by atoms with E-state index in [2.05, 4.69) is 19.2 Å². The molecule has 0 bridgehead atoms. The SMILES string of the molecule is CCCCCCCCCCCCCCCCCCCCCCCCCCC(O)C(=O)NC(CO)C(O)CCCCCCCCCCCCCCCCC. The minimum absolute atomic E-state index is 0.308. The third-order valence-electron chi connectivity index (χ3n) is 11.7. The molecule has 0 radical (unpaired) electrons. The van der Waals surface area contributed by atoms with Gasteiger partial charge >= 0.3 is 0 Å². The summed E-state index contributed by atoms with van der Waals surface area (Å²) < 4.78 is 0. The zero-order valence-electron chi connectivity index (χ0n) is 36.2. The molecule has 0 aliphatic carbocycles. The summed E-state index contributed by atoms with van der Waals surface area (Å²) in [5, 5.41) is 33.4. The average molecular weight is 752 g/mol. The molecular formula is C48H97NO4. The Bertz CT molecular complexity index is 703. The minimum atomic E-state index is -1.07. The second-order valence-electron chi connectivity index (χ2n) is 17.0. The molecule has 5 nitrogen and oxygen atoms in total. The number of carbonyl (C=O) groups excluding carboxylic acids is 1. The van der Waals surface area contributed by atoms with Crippen molar-refractivity contribution < 1.29 is 20.1 Å². The molecular weight excluding hydrogens is 655 g/mol. The van der Waals surface area contributed by atoms with Gasteiger partial charge in [0.2, 0.25) is 5.91 Å². The van der Waals surface area contributed by atoms with Gasteiger partial charge in [-0.05, 0) is 12.8 Å². The summed E-state index contributed by atoms with van der Waals surface area (Å²) in [7, 11) is 0. The van der Waals surface area contributed by atoms with Crippen molar-refractivity contribution in [1.29, 1.82) is 0 Å². The van der Waals surface area contributed by atoms with E-state index in [1.165, 1.54) is 218 Å². The second-order valence-corrected chi connectivity index (χ2v) is 17.0. The van der Waals surface area contributed by atoms with E-state index in [0.29, 0.717) is 12.8 Å². The highest BCUT2D eigenvalue weighted by Crippen LogP contribution is 2.18. The standard InChI is InChI=1S/C48H97NO4/c1-3-5-7-9-11-13-15-17-19-20-21-22-23-24-25-26-27-29-31-33-35-37-39-41-43-47(52)48(53)49-45(44-50)46(51)42-40-38-36-34-32-30-28-18-16-14-12-10-8-6-4-2/h45-47,50-52H,3-44H2,1-2H3,(H,49,53). The molecule has 5 heteroatoms. The van der Waals surface area contributed by atoms with Crippen molar-refractivity contribution in [2.24, 2.45) is 0 Å². The van der Waals surface area contributed by atoms with Gasteiger partial charge in [-0.3, -0.25) is 4.79 Å². The Kier molecular flexibility index (Phi) is 43.5. The average Bonchev–Trinajstić information content (AvgIpc) is 3.16. The number of amides is 1. The predicted molar refractivity (Wildman–Crippen MR) is 232 cm³/mol. The molecule has 0 saturated heterocycles. The van der Waals surface area contributed by atoms with Crippen LogP contribution in [-0.4, -0.2) is 46.1 Å². The van der Waals surface area contributed by atoms with Crippen LogP contribution in [0.5, 0.6) is 0 Å². The number of hydrogen-bond acceptors (Lipinski definition) is 4. The first-order valence-corrected chi connectivity index (χ1v) is 24.3. The van der Waals surface area contributed by atoms with Crippen molar-refractivity contribution in [3.8, 4) is 0 Å². The lowest BCUT2D eigenvalue weighted by molar-refractivity contribution is -0.131. The van der Waals surface area contributed by atoms with Crippen molar-refractivity contribution in [2.75, 3.05) is 6.61 Å². The van der Waals surface area contributed by atoms with Crippen molar-refractivity contribution in [1.82, 2.24) is 5.32 Å². The number of hydrogen-bond donors (Lipinski definition) is 4. The summed E-state index contributed by atoms with van der Waals surface area (Å²) in [6.45, 7) is 4.26. The van der Waals surface area contributed by atoms with Crippen LogP contribution in [-0.2, 0) is 4.79 Å². The highest BCUT2D eigenvalue weighted by Gasteiger charge is 2.23. The molecule has 53 heavy (non-hydrogen) atoms. The molecule has 0 aromatic heterocycles. The molecule has 3 atom stereocenters. The van der Waals surface area contributed by atoms with Crippen molar-refractivity contribution in [3.05, 3.63) is 0 Å². The van der Waals surface area contributed by atoms with Gasteiger partial charge in [0.1, 0.15) is 6.10 Å². The fourth-order valence-corrected chi connectivity index (χ4v) is 7.90. The van der Waals surface area contributed by atoms with Gasteiger partial charge < -0.3 is 20.6 Å². The summed E-state index contributed by atoms with van der Waals surface area (Å²) in [6, 6.07) is -0.706. The molecule has 0 aliphatic heterocycles. The van der Waals surface area contributed by atoms with E-state index < -0.39 is 24.2 Å². The van der Waals surface area contributed by atoms with Crippen molar-refractivity contribution in [3.63, 3.8) is 0 Å². The Balaban J connectivity index is 3.52. The van der Waals surface area contributed by atoms with Crippen LogP contribution in [0.1, 0.15) is 277 Å². The smallest absolute Gasteiger partial charge is 0.249 e. The molecule has 0 aliphatic rings. The number of carbonyl (C=O) groups is 1. The molecule has 0 heterocycles. The van der Waals surface area contributed by atoms with Gasteiger partial charge in [-0.1, -0.05) is 264 Å².